The van der Waals surface area contributed by atoms with Crippen LogP contribution in [0.5, 0.6) is 0 Å². The van der Waals surface area contributed by atoms with Gasteiger partial charge in [0.2, 0.25) is 5.91 Å². The van der Waals surface area contributed by atoms with Crippen molar-refractivity contribution in [2.45, 2.75) is 6.92 Å². The molecule has 0 radical (unpaired) electrons. The molecule has 0 aliphatic heterocycles. The van der Waals surface area contributed by atoms with Crippen molar-refractivity contribution >= 4 is 22.6 Å². The first-order chi connectivity index (χ1) is 6.25. The van der Waals surface area contributed by atoms with E-state index in [0.29, 0.717) is 0 Å². The minimum absolute atomic E-state index is 0.0864. The molecule has 4 nitrogen and oxygen atoms in total. The molecule has 13 heavy (non-hydrogen) atoms. The Bertz CT molecular complexity index is 447. The highest BCUT2D eigenvalue weighted by Gasteiger charge is 1.98. The molecule has 0 saturated carbocycles. The lowest BCUT2D eigenvalue weighted by molar-refractivity contribution is -0.114. The quantitative estimate of drug-likeness (QED) is 0.690. The number of fused-ring (bicyclic) bond motifs is 1. The number of aromatic nitrogens is 2. The molecule has 2 N–H and O–H groups in total. The van der Waals surface area contributed by atoms with Gasteiger partial charge in [0.05, 0.1) is 11.9 Å². The Morgan fingerprint density at radius 2 is 2.46 bits per heavy atom. The fourth-order valence-corrected chi connectivity index (χ4v) is 1.21. The summed E-state index contributed by atoms with van der Waals surface area (Å²) in [5.74, 6) is -0.0864. The van der Waals surface area contributed by atoms with Crippen LogP contribution in [0.15, 0.2) is 24.5 Å². The lowest BCUT2D eigenvalue weighted by atomic mass is 10.3. The molecule has 0 bridgehead atoms. The molecule has 0 unspecified atom stereocenters. The molecule has 66 valence electrons. The monoisotopic (exact) mass is 175 g/mol. The molecular weight excluding hydrogens is 166 g/mol. The number of nitrogens with one attached hydrogen (secondary N) is 2. The number of rotatable bonds is 1. The summed E-state index contributed by atoms with van der Waals surface area (Å²) in [6.45, 7) is 1.47. The molecule has 0 fully saturated rings. The number of amides is 1. The first kappa shape index (κ1) is 7.79. The van der Waals surface area contributed by atoms with E-state index in [1.54, 1.807) is 6.20 Å². The number of hydrogen-bond donors (Lipinski definition) is 2. The number of anilines is 1. The van der Waals surface area contributed by atoms with Gasteiger partial charge in [0.25, 0.3) is 0 Å². The molecule has 0 aliphatic rings. The van der Waals surface area contributed by atoms with Gasteiger partial charge in [-0.05, 0) is 12.1 Å². The van der Waals surface area contributed by atoms with Crippen molar-refractivity contribution in [1.29, 1.82) is 0 Å². The Morgan fingerprint density at radius 1 is 1.62 bits per heavy atom. The molecule has 1 amide bonds. The van der Waals surface area contributed by atoms with Crippen molar-refractivity contribution in [3.63, 3.8) is 0 Å². The van der Waals surface area contributed by atoms with E-state index in [9.17, 15) is 4.79 Å². The summed E-state index contributed by atoms with van der Waals surface area (Å²) in [4.78, 5) is 17.8. The minimum Gasteiger partial charge on any atom is -0.346 e. The maximum atomic E-state index is 10.7. The number of aromatic amines is 1. The summed E-state index contributed by atoms with van der Waals surface area (Å²) in [7, 11) is 0. The van der Waals surface area contributed by atoms with Crippen LogP contribution in [0.25, 0.3) is 11.0 Å². The largest absolute Gasteiger partial charge is 0.346 e. The number of hydrogen-bond acceptors (Lipinski definition) is 2. The van der Waals surface area contributed by atoms with Gasteiger partial charge in [-0.2, -0.15) is 0 Å². The van der Waals surface area contributed by atoms with Crippen molar-refractivity contribution in [3.8, 4) is 0 Å². The second-order valence-corrected chi connectivity index (χ2v) is 2.82. The zero-order chi connectivity index (χ0) is 9.26. The van der Waals surface area contributed by atoms with Gasteiger partial charge in [-0.3, -0.25) is 4.79 Å². The topological polar surface area (TPSA) is 57.8 Å². The number of nitrogens with zero attached hydrogens (tertiary/aromatic N) is 1. The molecule has 0 spiro atoms. The standard InChI is InChI=1S/C9H9N3O/c1-6(13)12-8-4-7-2-3-10-9(7)11-5-8/h2-5H,1H3,(H,10,11)(H,12,13). The second kappa shape index (κ2) is 2.90. The van der Waals surface area contributed by atoms with Crippen LogP contribution in [-0.4, -0.2) is 15.9 Å². The normalized spacial score (nSPS) is 10.2. The van der Waals surface area contributed by atoms with E-state index < -0.39 is 0 Å². The van der Waals surface area contributed by atoms with Crippen molar-refractivity contribution in [2.24, 2.45) is 0 Å². The van der Waals surface area contributed by atoms with Crippen LogP contribution < -0.4 is 5.32 Å². The van der Waals surface area contributed by atoms with Gasteiger partial charge in [-0.15, -0.1) is 0 Å². The van der Waals surface area contributed by atoms with E-state index in [1.807, 2.05) is 18.3 Å². The van der Waals surface area contributed by atoms with Crippen LogP contribution in [-0.2, 0) is 4.79 Å². The minimum atomic E-state index is -0.0864. The Kier molecular flexibility index (Phi) is 1.73. The van der Waals surface area contributed by atoms with Gasteiger partial charge in [0, 0.05) is 18.5 Å². The van der Waals surface area contributed by atoms with Gasteiger partial charge in [-0.1, -0.05) is 0 Å². The molecule has 2 heterocycles. The van der Waals surface area contributed by atoms with Gasteiger partial charge in [0.15, 0.2) is 0 Å². The van der Waals surface area contributed by atoms with Gasteiger partial charge >= 0.3 is 0 Å². The summed E-state index contributed by atoms with van der Waals surface area (Å²) >= 11 is 0. The molecular formula is C9H9N3O. The highest BCUT2D eigenvalue weighted by Crippen LogP contribution is 2.14. The highest BCUT2D eigenvalue weighted by atomic mass is 16.1. The summed E-state index contributed by atoms with van der Waals surface area (Å²) in [5, 5.41) is 3.66. The van der Waals surface area contributed by atoms with Crippen LogP contribution in [0.2, 0.25) is 0 Å². The molecule has 0 aliphatic carbocycles. The number of carbonyl (C=O) groups excluding carboxylic acids is 1. The van der Waals surface area contributed by atoms with Crippen molar-refractivity contribution in [3.05, 3.63) is 24.5 Å². The van der Waals surface area contributed by atoms with Gasteiger partial charge in [-0.25, -0.2) is 4.98 Å². The zero-order valence-electron chi connectivity index (χ0n) is 7.16. The van der Waals surface area contributed by atoms with E-state index in [2.05, 4.69) is 15.3 Å². The molecule has 0 aromatic carbocycles. The maximum Gasteiger partial charge on any atom is 0.221 e. The van der Waals surface area contributed by atoms with E-state index in [0.717, 1.165) is 16.7 Å². The molecule has 0 saturated heterocycles. The van der Waals surface area contributed by atoms with Crippen LogP contribution in [0.3, 0.4) is 0 Å². The SMILES string of the molecule is CC(=O)Nc1cnc2[nH]ccc2c1. The lowest BCUT2D eigenvalue weighted by Crippen LogP contribution is -2.05. The van der Waals surface area contributed by atoms with Crippen molar-refractivity contribution in [1.82, 2.24) is 9.97 Å². The van der Waals surface area contributed by atoms with Crippen molar-refractivity contribution < 1.29 is 4.79 Å². The summed E-state index contributed by atoms with van der Waals surface area (Å²) in [6, 6.07) is 3.79. The van der Waals surface area contributed by atoms with Crippen LogP contribution in [0.4, 0.5) is 5.69 Å². The fourth-order valence-electron chi connectivity index (χ4n) is 1.21. The molecule has 2 rings (SSSR count). The van der Waals surface area contributed by atoms with Crippen LogP contribution >= 0.6 is 0 Å². The second-order valence-electron chi connectivity index (χ2n) is 2.82. The fraction of sp³-hybridized carbons (Fsp3) is 0.111. The van der Waals surface area contributed by atoms with E-state index in [4.69, 9.17) is 0 Å². The highest BCUT2D eigenvalue weighted by molar-refractivity contribution is 5.91. The van der Waals surface area contributed by atoms with E-state index in [-0.39, 0.29) is 5.91 Å². The Balaban J connectivity index is 2.42. The summed E-state index contributed by atoms with van der Waals surface area (Å²) in [5.41, 5.74) is 1.55. The predicted octanol–water partition coefficient (Wildman–Crippen LogP) is 1.52. The van der Waals surface area contributed by atoms with E-state index >= 15 is 0 Å². The van der Waals surface area contributed by atoms with E-state index in [1.165, 1.54) is 6.92 Å². The molecule has 2 aromatic heterocycles. The average molecular weight is 175 g/mol. The molecule has 4 heteroatoms. The zero-order valence-corrected chi connectivity index (χ0v) is 7.16. The summed E-state index contributed by atoms with van der Waals surface area (Å²) < 4.78 is 0. The van der Waals surface area contributed by atoms with Crippen LogP contribution in [0, 0.1) is 0 Å². The first-order valence-corrected chi connectivity index (χ1v) is 3.96. The third kappa shape index (κ3) is 1.51. The number of carbonyl (C=O) groups is 1. The van der Waals surface area contributed by atoms with Crippen molar-refractivity contribution in [2.75, 3.05) is 5.32 Å². The van der Waals surface area contributed by atoms with Crippen LogP contribution in [0.1, 0.15) is 6.92 Å². The Hall–Kier alpha value is -1.84. The third-order valence-corrected chi connectivity index (χ3v) is 1.72. The number of H-pyrrole nitrogens is 1. The maximum absolute atomic E-state index is 10.7. The van der Waals surface area contributed by atoms with Gasteiger partial charge < -0.3 is 10.3 Å². The smallest absolute Gasteiger partial charge is 0.221 e. The average Bonchev–Trinajstić information content (AvgIpc) is 2.49. The molecule has 2 aromatic rings. The van der Waals surface area contributed by atoms with Gasteiger partial charge in [0.1, 0.15) is 5.65 Å². The molecule has 0 atom stereocenters. The third-order valence-electron chi connectivity index (χ3n) is 1.72. The first-order valence-electron chi connectivity index (χ1n) is 3.96. The summed E-state index contributed by atoms with van der Waals surface area (Å²) in [6.07, 6.45) is 3.44. The Morgan fingerprint density at radius 3 is 3.23 bits per heavy atom. The Labute approximate surface area is 75.0 Å². The lowest BCUT2D eigenvalue weighted by Gasteiger charge is -1.99. The number of pyridine rings is 1. The predicted molar refractivity (Wildman–Crippen MR) is 50.4 cm³/mol.